The Labute approximate surface area is 139 Å². The molecule has 0 fully saturated rings. The van der Waals surface area contributed by atoms with Crippen LogP contribution in [0.5, 0.6) is 0 Å². The fourth-order valence-electron chi connectivity index (χ4n) is 3.10. The van der Waals surface area contributed by atoms with Gasteiger partial charge in [0.2, 0.25) is 0 Å². The zero-order valence-corrected chi connectivity index (χ0v) is 14.5. The van der Waals surface area contributed by atoms with E-state index >= 15 is 0 Å². The fourth-order valence-corrected chi connectivity index (χ4v) is 3.10. The molecule has 2 atom stereocenters. The molecule has 4 heteroatoms. The number of methoxy groups -OCH3 is 1. The SMILES string of the molecule is CCCCCC(=O)CCC1C=CC(=O)C1CCCCC(=O)OC. The van der Waals surface area contributed by atoms with Crippen LogP contribution in [0.4, 0.5) is 0 Å². The van der Waals surface area contributed by atoms with Crippen molar-refractivity contribution in [2.75, 3.05) is 7.11 Å². The molecule has 23 heavy (non-hydrogen) atoms. The van der Waals surface area contributed by atoms with E-state index in [-0.39, 0.29) is 23.6 Å². The van der Waals surface area contributed by atoms with Gasteiger partial charge in [-0.05, 0) is 37.7 Å². The van der Waals surface area contributed by atoms with Gasteiger partial charge in [0.25, 0.3) is 0 Å². The van der Waals surface area contributed by atoms with E-state index in [0.29, 0.717) is 25.0 Å². The minimum atomic E-state index is -0.199. The first kappa shape index (κ1) is 19.6. The first-order chi connectivity index (χ1) is 11.1. The van der Waals surface area contributed by atoms with E-state index in [1.165, 1.54) is 7.11 Å². The highest BCUT2D eigenvalue weighted by Crippen LogP contribution is 2.31. The third kappa shape index (κ3) is 7.58. The van der Waals surface area contributed by atoms with Gasteiger partial charge in [0, 0.05) is 25.2 Å². The summed E-state index contributed by atoms with van der Waals surface area (Å²) in [5.74, 6) is 0.476. The second-order valence-corrected chi connectivity index (χ2v) is 6.39. The predicted molar refractivity (Wildman–Crippen MR) is 90.0 cm³/mol. The molecule has 4 nitrogen and oxygen atoms in total. The normalized spacial score (nSPS) is 20.0. The number of carbonyl (C=O) groups excluding carboxylic acids is 3. The van der Waals surface area contributed by atoms with Crippen molar-refractivity contribution in [1.29, 1.82) is 0 Å². The van der Waals surface area contributed by atoms with Gasteiger partial charge in [0.1, 0.15) is 5.78 Å². The summed E-state index contributed by atoms with van der Waals surface area (Å²) >= 11 is 0. The highest BCUT2D eigenvalue weighted by molar-refractivity contribution is 5.94. The van der Waals surface area contributed by atoms with E-state index in [1.54, 1.807) is 6.08 Å². The molecule has 1 aliphatic rings. The zero-order chi connectivity index (χ0) is 17.1. The highest BCUT2D eigenvalue weighted by Gasteiger charge is 2.29. The Morgan fingerprint density at radius 3 is 2.48 bits per heavy atom. The fraction of sp³-hybridized carbons (Fsp3) is 0.737. The predicted octanol–water partition coefficient (Wildman–Crippen LogP) is 4.02. The Morgan fingerprint density at radius 2 is 1.78 bits per heavy atom. The average molecular weight is 322 g/mol. The van der Waals surface area contributed by atoms with Gasteiger partial charge < -0.3 is 4.74 Å². The Bertz CT molecular complexity index is 425. The molecule has 0 spiro atoms. The Morgan fingerprint density at radius 1 is 1.04 bits per heavy atom. The Hall–Kier alpha value is -1.45. The molecule has 0 amide bonds. The number of unbranched alkanes of at least 4 members (excludes halogenated alkanes) is 3. The second kappa shape index (κ2) is 11.1. The lowest BCUT2D eigenvalue weighted by Crippen LogP contribution is -2.17. The second-order valence-electron chi connectivity index (χ2n) is 6.39. The van der Waals surface area contributed by atoms with Crippen LogP contribution >= 0.6 is 0 Å². The maximum atomic E-state index is 12.0. The van der Waals surface area contributed by atoms with E-state index in [2.05, 4.69) is 11.7 Å². The summed E-state index contributed by atoms with van der Waals surface area (Å²) in [6.07, 6.45) is 11.6. The van der Waals surface area contributed by atoms with Crippen LogP contribution in [-0.2, 0) is 19.1 Å². The molecule has 2 unspecified atom stereocenters. The molecule has 0 saturated heterocycles. The van der Waals surface area contributed by atoms with Crippen LogP contribution in [0.3, 0.4) is 0 Å². The van der Waals surface area contributed by atoms with Crippen molar-refractivity contribution in [3.8, 4) is 0 Å². The molecular weight excluding hydrogens is 292 g/mol. The lowest BCUT2D eigenvalue weighted by atomic mass is 9.85. The van der Waals surface area contributed by atoms with Gasteiger partial charge in [0.05, 0.1) is 7.11 Å². The standard InChI is InChI=1S/C19H30O4/c1-3-4-5-8-16(20)13-11-15-12-14-18(21)17(15)9-6-7-10-19(22)23-2/h12,14-15,17H,3-11,13H2,1-2H3. The molecule has 0 aromatic heterocycles. The van der Waals surface area contributed by atoms with Crippen molar-refractivity contribution in [2.24, 2.45) is 11.8 Å². The molecule has 0 N–H and O–H groups in total. The minimum Gasteiger partial charge on any atom is -0.469 e. The zero-order valence-electron chi connectivity index (χ0n) is 14.5. The maximum absolute atomic E-state index is 12.0. The molecule has 0 heterocycles. The number of hydrogen-bond donors (Lipinski definition) is 0. The Kier molecular flexibility index (Phi) is 9.49. The summed E-state index contributed by atoms with van der Waals surface area (Å²) < 4.78 is 4.61. The molecule has 0 saturated carbocycles. The smallest absolute Gasteiger partial charge is 0.305 e. The molecule has 130 valence electrons. The van der Waals surface area contributed by atoms with Crippen molar-refractivity contribution in [3.63, 3.8) is 0 Å². The number of rotatable bonds is 12. The van der Waals surface area contributed by atoms with Crippen molar-refractivity contribution in [3.05, 3.63) is 12.2 Å². The number of esters is 1. The van der Waals surface area contributed by atoms with E-state index in [4.69, 9.17) is 0 Å². The van der Waals surface area contributed by atoms with Crippen LogP contribution < -0.4 is 0 Å². The first-order valence-corrected chi connectivity index (χ1v) is 8.89. The summed E-state index contributed by atoms with van der Waals surface area (Å²) in [5.41, 5.74) is 0. The third-order valence-corrected chi connectivity index (χ3v) is 4.58. The van der Waals surface area contributed by atoms with Crippen molar-refractivity contribution >= 4 is 17.5 Å². The molecule has 1 rings (SSSR count). The number of Topliss-reactive ketones (excluding diaryl/α,β-unsaturated/α-hetero) is 1. The summed E-state index contributed by atoms with van der Waals surface area (Å²) in [7, 11) is 1.39. The largest absolute Gasteiger partial charge is 0.469 e. The quantitative estimate of drug-likeness (QED) is 0.402. The van der Waals surface area contributed by atoms with Gasteiger partial charge >= 0.3 is 5.97 Å². The highest BCUT2D eigenvalue weighted by atomic mass is 16.5. The van der Waals surface area contributed by atoms with Crippen molar-refractivity contribution in [1.82, 2.24) is 0 Å². The van der Waals surface area contributed by atoms with Gasteiger partial charge in [-0.25, -0.2) is 0 Å². The molecule has 0 aromatic rings. The van der Waals surface area contributed by atoms with Gasteiger partial charge in [-0.1, -0.05) is 32.3 Å². The Balaban J connectivity index is 2.27. The van der Waals surface area contributed by atoms with Crippen LogP contribution in [0.2, 0.25) is 0 Å². The number of hydrogen-bond acceptors (Lipinski definition) is 4. The topological polar surface area (TPSA) is 60.4 Å². The van der Waals surface area contributed by atoms with Gasteiger partial charge in [-0.3, -0.25) is 14.4 Å². The van der Waals surface area contributed by atoms with Crippen LogP contribution in [-0.4, -0.2) is 24.6 Å². The number of carbonyl (C=O) groups is 3. The van der Waals surface area contributed by atoms with E-state index in [0.717, 1.165) is 44.9 Å². The monoisotopic (exact) mass is 322 g/mol. The van der Waals surface area contributed by atoms with Gasteiger partial charge in [0.15, 0.2) is 5.78 Å². The summed E-state index contributed by atoms with van der Waals surface area (Å²) in [6, 6.07) is 0. The van der Waals surface area contributed by atoms with Gasteiger partial charge in [-0.2, -0.15) is 0 Å². The van der Waals surface area contributed by atoms with Gasteiger partial charge in [-0.15, -0.1) is 0 Å². The summed E-state index contributed by atoms with van der Waals surface area (Å²) in [5, 5.41) is 0. The third-order valence-electron chi connectivity index (χ3n) is 4.58. The number of ether oxygens (including phenoxy) is 1. The van der Waals surface area contributed by atoms with Crippen LogP contribution in [0, 0.1) is 11.8 Å². The van der Waals surface area contributed by atoms with Crippen LogP contribution in [0.25, 0.3) is 0 Å². The molecule has 0 aliphatic heterocycles. The average Bonchev–Trinajstić information content (AvgIpc) is 2.89. The molecule has 0 aromatic carbocycles. The van der Waals surface area contributed by atoms with E-state index < -0.39 is 0 Å². The van der Waals surface area contributed by atoms with Crippen molar-refractivity contribution in [2.45, 2.75) is 71.1 Å². The molecule has 0 bridgehead atoms. The van der Waals surface area contributed by atoms with Crippen molar-refractivity contribution < 1.29 is 19.1 Å². The number of allylic oxidation sites excluding steroid dienone is 2. The molecule has 0 radical (unpaired) electrons. The lowest BCUT2D eigenvalue weighted by molar-refractivity contribution is -0.140. The molecular formula is C19H30O4. The summed E-state index contributed by atoms with van der Waals surface area (Å²) in [6.45, 7) is 2.13. The van der Waals surface area contributed by atoms with E-state index in [1.807, 2.05) is 6.08 Å². The van der Waals surface area contributed by atoms with E-state index in [9.17, 15) is 14.4 Å². The minimum absolute atomic E-state index is 0.00362. The molecule has 1 aliphatic carbocycles. The maximum Gasteiger partial charge on any atom is 0.305 e. The summed E-state index contributed by atoms with van der Waals surface area (Å²) in [4.78, 5) is 34.9. The lowest BCUT2D eigenvalue weighted by Gasteiger charge is -2.17. The van der Waals surface area contributed by atoms with Crippen LogP contribution in [0.1, 0.15) is 71.1 Å². The number of ketones is 2. The first-order valence-electron chi connectivity index (χ1n) is 8.89. The van der Waals surface area contributed by atoms with Crippen LogP contribution in [0.15, 0.2) is 12.2 Å².